The number of hydrogen-bond acceptors (Lipinski definition) is 3. The van der Waals surface area contributed by atoms with Gasteiger partial charge in [-0.05, 0) is 44.0 Å². The van der Waals surface area contributed by atoms with Crippen molar-refractivity contribution < 1.29 is 0 Å². The van der Waals surface area contributed by atoms with Crippen molar-refractivity contribution in [1.82, 2.24) is 5.32 Å². The summed E-state index contributed by atoms with van der Waals surface area (Å²) in [4.78, 5) is 2.34. The van der Waals surface area contributed by atoms with Crippen molar-refractivity contribution in [3.05, 3.63) is 28.8 Å². The van der Waals surface area contributed by atoms with Crippen molar-refractivity contribution in [1.29, 1.82) is 5.26 Å². The molecule has 1 aliphatic heterocycles. The van der Waals surface area contributed by atoms with Crippen LogP contribution in [0, 0.1) is 11.3 Å². The van der Waals surface area contributed by atoms with Gasteiger partial charge in [-0.2, -0.15) is 5.26 Å². The minimum atomic E-state index is 0.544. The zero-order chi connectivity index (χ0) is 14.4. The summed E-state index contributed by atoms with van der Waals surface area (Å²) in [6.45, 7) is 5.27. The van der Waals surface area contributed by atoms with Crippen LogP contribution in [0.15, 0.2) is 18.2 Å². The van der Waals surface area contributed by atoms with Gasteiger partial charge in [0.15, 0.2) is 0 Å². The topological polar surface area (TPSA) is 39.1 Å². The van der Waals surface area contributed by atoms with Crippen LogP contribution in [-0.4, -0.2) is 25.7 Å². The Labute approximate surface area is 126 Å². The summed E-state index contributed by atoms with van der Waals surface area (Å²) in [6.07, 6.45) is 4.90. The summed E-state index contributed by atoms with van der Waals surface area (Å²) in [5.41, 5.74) is 1.66. The molecular weight excluding hydrogens is 270 g/mol. The summed E-state index contributed by atoms with van der Waals surface area (Å²) in [5, 5.41) is 13.2. The normalized spacial score (nSPS) is 18.6. The molecule has 1 aliphatic rings. The Morgan fingerprint density at radius 2 is 2.30 bits per heavy atom. The highest BCUT2D eigenvalue weighted by atomic mass is 35.5. The predicted molar refractivity (Wildman–Crippen MR) is 84.3 cm³/mol. The van der Waals surface area contributed by atoms with Gasteiger partial charge in [0.2, 0.25) is 0 Å². The summed E-state index contributed by atoms with van der Waals surface area (Å²) < 4.78 is 0. The SMILES string of the molecule is CCCN(CC1CCCCN1)c1ccc(C#N)cc1Cl. The molecule has 2 rings (SSSR count). The van der Waals surface area contributed by atoms with Crippen LogP contribution in [0.2, 0.25) is 5.02 Å². The van der Waals surface area contributed by atoms with Crippen molar-refractivity contribution in [2.45, 2.75) is 38.6 Å². The lowest BCUT2D eigenvalue weighted by atomic mass is 10.0. The van der Waals surface area contributed by atoms with Gasteiger partial charge in [0.1, 0.15) is 0 Å². The molecule has 1 atom stereocenters. The number of nitrogens with zero attached hydrogens (tertiary/aromatic N) is 2. The van der Waals surface area contributed by atoms with Gasteiger partial charge in [0.05, 0.1) is 22.3 Å². The second kappa shape index (κ2) is 7.52. The Balaban J connectivity index is 2.12. The number of piperidine rings is 1. The highest BCUT2D eigenvalue weighted by molar-refractivity contribution is 6.33. The van der Waals surface area contributed by atoms with E-state index in [0.717, 1.165) is 31.7 Å². The summed E-state index contributed by atoms with van der Waals surface area (Å²) in [5.74, 6) is 0. The Morgan fingerprint density at radius 3 is 2.90 bits per heavy atom. The fourth-order valence-electron chi connectivity index (χ4n) is 2.76. The summed E-state index contributed by atoms with van der Waals surface area (Å²) >= 11 is 6.34. The van der Waals surface area contributed by atoms with Gasteiger partial charge in [-0.1, -0.05) is 24.9 Å². The Bertz CT molecular complexity index is 475. The zero-order valence-corrected chi connectivity index (χ0v) is 12.8. The Morgan fingerprint density at radius 1 is 1.45 bits per heavy atom. The molecule has 3 nitrogen and oxygen atoms in total. The van der Waals surface area contributed by atoms with Gasteiger partial charge < -0.3 is 10.2 Å². The molecule has 1 N–H and O–H groups in total. The molecule has 20 heavy (non-hydrogen) atoms. The van der Waals surface area contributed by atoms with Crippen LogP contribution in [0.1, 0.15) is 38.2 Å². The lowest BCUT2D eigenvalue weighted by Gasteiger charge is -2.32. The van der Waals surface area contributed by atoms with Crippen LogP contribution >= 0.6 is 11.6 Å². The number of anilines is 1. The Hall–Kier alpha value is -1.24. The van der Waals surface area contributed by atoms with E-state index in [4.69, 9.17) is 16.9 Å². The van der Waals surface area contributed by atoms with Crippen LogP contribution in [0.3, 0.4) is 0 Å². The van der Waals surface area contributed by atoms with Crippen molar-refractivity contribution in [2.24, 2.45) is 0 Å². The van der Waals surface area contributed by atoms with Gasteiger partial charge in [0.25, 0.3) is 0 Å². The molecule has 4 heteroatoms. The molecule has 1 saturated heterocycles. The van der Waals surface area contributed by atoms with Gasteiger partial charge in [-0.3, -0.25) is 0 Å². The van der Waals surface area contributed by atoms with E-state index >= 15 is 0 Å². The first-order valence-corrected chi connectivity index (χ1v) is 7.80. The molecular formula is C16H22ClN3. The highest BCUT2D eigenvalue weighted by Gasteiger charge is 2.18. The quantitative estimate of drug-likeness (QED) is 0.901. The van der Waals surface area contributed by atoms with E-state index in [2.05, 4.69) is 23.2 Å². The van der Waals surface area contributed by atoms with Gasteiger partial charge in [-0.15, -0.1) is 0 Å². The zero-order valence-electron chi connectivity index (χ0n) is 12.0. The maximum absolute atomic E-state index is 8.92. The van der Waals surface area contributed by atoms with Gasteiger partial charge in [0, 0.05) is 19.1 Å². The molecule has 1 aromatic carbocycles. The second-order valence-electron chi connectivity index (χ2n) is 5.37. The third kappa shape index (κ3) is 3.88. The molecule has 1 unspecified atom stereocenters. The maximum Gasteiger partial charge on any atom is 0.0992 e. The lowest BCUT2D eigenvalue weighted by Crippen LogP contribution is -2.44. The number of benzene rings is 1. The lowest BCUT2D eigenvalue weighted by molar-refractivity contribution is 0.399. The molecule has 108 valence electrons. The second-order valence-corrected chi connectivity index (χ2v) is 5.78. The average Bonchev–Trinajstić information content (AvgIpc) is 2.48. The van der Waals surface area contributed by atoms with Crippen LogP contribution in [0.25, 0.3) is 0 Å². The first kappa shape index (κ1) is 15.2. The van der Waals surface area contributed by atoms with Crippen molar-refractivity contribution >= 4 is 17.3 Å². The molecule has 0 radical (unpaired) electrons. The number of hydrogen-bond donors (Lipinski definition) is 1. The molecule has 0 aliphatic carbocycles. The maximum atomic E-state index is 8.92. The van der Waals surface area contributed by atoms with E-state index in [0.29, 0.717) is 16.6 Å². The number of nitriles is 1. The third-order valence-corrected chi connectivity index (χ3v) is 4.07. The fourth-order valence-corrected chi connectivity index (χ4v) is 3.06. The number of halogens is 1. The van der Waals surface area contributed by atoms with Crippen molar-refractivity contribution in [3.63, 3.8) is 0 Å². The minimum Gasteiger partial charge on any atom is -0.369 e. The molecule has 0 saturated carbocycles. The average molecular weight is 292 g/mol. The fraction of sp³-hybridized carbons (Fsp3) is 0.562. The van der Waals surface area contributed by atoms with E-state index in [1.165, 1.54) is 19.3 Å². The standard InChI is InChI=1S/C16H22ClN3/c1-2-9-20(12-14-5-3-4-8-19-14)16-7-6-13(11-18)10-15(16)17/h6-7,10,14,19H,2-5,8-9,12H2,1H3. The molecule has 1 fully saturated rings. The van der Waals surface area contributed by atoms with Gasteiger partial charge >= 0.3 is 0 Å². The van der Waals surface area contributed by atoms with Crippen molar-refractivity contribution in [3.8, 4) is 6.07 Å². The molecule has 0 amide bonds. The number of nitrogens with one attached hydrogen (secondary N) is 1. The Kier molecular flexibility index (Phi) is 5.70. The monoisotopic (exact) mass is 291 g/mol. The van der Waals surface area contributed by atoms with Crippen LogP contribution < -0.4 is 10.2 Å². The predicted octanol–water partition coefficient (Wildman–Crippen LogP) is 3.57. The van der Waals surface area contributed by atoms with Crippen molar-refractivity contribution in [2.75, 3.05) is 24.5 Å². The molecule has 1 aromatic rings. The van der Waals surface area contributed by atoms with E-state index in [9.17, 15) is 0 Å². The summed E-state index contributed by atoms with van der Waals surface area (Å²) in [7, 11) is 0. The van der Waals surface area contributed by atoms with Crippen LogP contribution in [0.4, 0.5) is 5.69 Å². The summed E-state index contributed by atoms with van der Waals surface area (Å²) in [6, 6.07) is 8.25. The molecule has 1 heterocycles. The van der Waals surface area contributed by atoms with Crippen LogP contribution in [-0.2, 0) is 0 Å². The van der Waals surface area contributed by atoms with Gasteiger partial charge in [-0.25, -0.2) is 0 Å². The first-order valence-electron chi connectivity index (χ1n) is 7.42. The first-order chi connectivity index (χ1) is 9.74. The minimum absolute atomic E-state index is 0.544. The largest absolute Gasteiger partial charge is 0.369 e. The van der Waals surface area contributed by atoms with E-state index in [-0.39, 0.29) is 0 Å². The van der Waals surface area contributed by atoms with E-state index in [1.54, 1.807) is 6.07 Å². The smallest absolute Gasteiger partial charge is 0.0992 e. The molecule has 0 aromatic heterocycles. The molecule has 0 spiro atoms. The highest BCUT2D eigenvalue weighted by Crippen LogP contribution is 2.27. The number of rotatable bonds is 5. The van der Waals surface area contributed by atoms with E-state index < -0.39 is 0 Å². The van der Waals surface area contributed by atoms with Crippen LogP contribution in [0.5, 0.6) is 0 Å². The molecule has 0 bridgehead atoms. The third-order valence-electron chi connectivity index (χ3n) is 3.76. The van der Waals surface area contributed by atoms with E-state index in [1.807, 2.05) is 12.1 Å².